The summed E-state index contributed by atoms with van der Waals surface area (Å²) >= 11 is 1.68. The van der Waals surface area contributed by atoms with Crippen molar-refractivity contribution in [2.75, 3.05) is 5.32 Å². The van der Waals surface area contributed by atoms with Crippen LogP contribution in [0.1, 0.15) is 9.88 Å². The van der Waals surface area contributed by atoms with E-state index in [0.717, 1.165) is 10.8 Å². The molecule has 1 unspecified atom stereocenters. The van der Waals surface area contributed by atoms with E-state index in [1.807, 2.05) is 19.1 Å². The molecule has 0 fully saturated rings. The first kappa shape index (κ1) is 6.82. The van der Waals surface area contributed by atoms with E-state index in [1.165, 1.54) is 4.88 Å². The van der Waals surface area contributed by atoms with Gasteiger partial charge in [0.15, 0.2) is 0 Å². The van der Waals surface area contributed by atoms with Crippen LogP contribution in [0.2, 0.25) is 0 Å². The predicted octanol–water partition coefficient (Wildman–Crippen LogP) is 1.18. The van der Waals surface area contributed by atoms with Gasteiger partial charge in [0, 0.05) is 0 Å². The Labute approximate surface area is 68.9 Å². The molecule has 0 aliphatic carbocycles. The monoisotopic (exact) mass is 167 g/mol. The highest BCUT2D eigenvalue weighted by molar-refractivity contribution is 7.13. The highest BCUT2D eigenvalue weighted by Crippen LogP contribution is 2.26. The van der Waals surface area contributed by atoms with Gasteiger partial charge in [-0.2, -0.15) is 0 Å². The number of aryl methyl sites for hydroxylation is 1. The molecule has 0 saturated carbocycles. The van der Waals surface area contributed by atoms with Crippen LogP contribution in [0, 0.1) is 6.92 Å². The number of nitrogens with zero attached hydrogens (tertiary/aromatic N) is 1. The first-order valence-electron chi connectivity index (χ1n) is 3.43. The molecular weight excluding hydrogens is 158 g/mol. The molecule has 3 N–H and O–H groups in total. The molecule has 1 atom stereocenters. The summed E-state index contributed by atoms with van der Waals surface area (Å²) in [6.45, 7) is 1.99. The van der Waals surface area contributed by atoms with Gasteiger partial charge in [-0.1, -0.05) is 0 Å². The van der Waals surface area contributed by atoms with E-state index in [1.54, 1.807) is 11.3 Å². The summed E-state index contributed by atoms with van der Waals surface area (Å²) < 4.78 is 0. The lowest BCUT2D eigenvalue weighted by Gasteiger charge is -2.13. The standard InChI is InChI=1S/C7H9N3S/c1-4-9-7-5(11-4)2-3-6(8)10-7/h2-3,6,10H,8H2,1H3. The van der Waals surface area contributed by atoms with Crippen LogP contribution in [0.4, 0.5) is 5.82 Å². The minimum atomic E-state index is -0.0796. The molecule has 0 saturated heterocycles. The molecule has 0 aromatic carbocycles. The molecule has 3 nitrogen and oxygen atoms in total. The van der Waals surface area contributed by atoms with Crippen molar-refractivity contribution in [1.82, 2.24) is 4.98 Å². The Hall–Kier alpha value is -0.870. The number of fused-ring (bicyclic) bond motifs is 1. The third-order valence-corrected chi connectivity index (χ3v) is 2.45. The van der Waals surface area contributed by atoms with Gasteiger partial charge < -0.3 is 11.1 Å². The van der Waals surface area contributed by atoms with Crippen LogP contribution in [-0.4, -0.2) is 11.1 Å². The van der Waals surface area contributed by atoms with Gasteiger partial charge in [0.2, 0.25) is 0 Å². The second-order valence-electron chi connectivity index (χ2n) is 2.47. The lowest BCUT2D eigenvalue weighted by atomic mass is 10.3. The molecule has 1 aliphatic heterocycles. The predicted molar refractivity (Wildman–Crippen MR) is 47.5 cm³/mol. The van der Waals surface area contributed by atoms with E-state index in [4.69, 9.17) is 5.73 Å². The van der Waals surface area contributed by atoms with Gasteiger partial charge in [0.1, 0.15) is 5.82 Å². The molecule has 2 rings (SSSR count). The maximum Gasteiger partial charge on any atom is 0.146 e. The SMILES string of the molecule is Cc1nc2c(s1)C=CC(N)N2. The largest absolute Gasteiger partial charge is 0.350 e. The average Bonchev–Trinajstić information content (AvgIpc) is 2.27. The van der Waals surface area contributed by atoms with E-state index in [2.05, 4.69) is 10.3 Å². The van der Waals surface area contributed by atoms with Crippen molar-refractivity contribution in [3.05, 3.63) is 16.0 Å². The van der Waals surface area contributed by atoms with E-state index in [9.17, 15) is 0 Å². The normalized spacial score (nSPS) is 21.1. The summed E-state index contributed by atoms with van der Waals surface area (Å²) in [6, 6.07) is 0. The Kier molecular flexibility index (Phi) is 1.44. The molecule has 1 aromatic rings. The Morgan fingerprint density at radius 2 is 2.55 bits per heavy atom. The van der Waals surface area contributed by atoms with Gasteiger partial charge in [-0.05, 0) is 19.1 Å². The summed E-state index contributed by atoms with van der Waals surface area (Å²) in [7, 11) is 0. The Morgan fingerprint density at radius 1 is 1.73 bits per heavy atom. The average molecular weight is 167 g/mol. The zero-order chi connectivity index (χ0) is 7.84. The lowest BCUT2D eigenvalue weighted by molar-refractivity contribution is 0.928. The molecule has 1 aromatic heterocycles. The van der Waals surface area contributed by atoms with Crippen LogP contribution in [0.3, 0.4) is 0 Å². The van der Waals surface area contributed by atoms with Crippen LogP contribution in [0.25, 0.3) is 6.08 Å². The van der Waals surface area contributed by atoms with E-state index >= 15 is 0 Å². The fourth-order valence-electron chi connectivity index (χ4n) is 1.06. The molecule has 58 valence electrons. The first-order valence-corrected chi connectivity index (χ1v) is 4.25. The maximum atomic E-state index is 5.63. The molecule has 0 bridgehead atoms. The Morgan fingerprint density at radius 3 is 3.36 bits per heavy atom. The quantitative estimate of drug-likeness (QED) is 0.610. The fraction of sp³-hybridized carbons (Fsp3) is 0.286. The number of thiazole rings is 1. The van der Waals surface area contributed by atoms with Crippen LogP contribution in [0.15, 0.2) is 6.08 Å². The van der Waals surface area contributed by atoms with Crippen molar-refractivity contribution in [1.29, 1.82) is 0 Å². The van der Waals surface area contributed by atoms with E-state index < -0.39 is 0 Å². The van der Waals surface area contributed by atoms with Gasteiger partial charge in [-0.15, -0.1) is 11.3 Å². The molecule has 0 amide bonds. The van der Waals surface area contributed by atoms with Gasteiger partial charge >= 0.3 is 0 Å². The van der Waals surface area contributed by atoms with Crippen LogP contribution in [0.5, 0.6) is 0 Å². The number of nitrogens with two attached hydrogens (primary N) is 1. The summed E-state index contributed by atoms with van der Waals surface area (Å²) in [5, 5.41) is 4.14. The van der Waals surface area contributed by atoms with Crippen molar-refractivity contribution >= 4 is 23.2 Å². The number of nitrogens with one attached hydrogen (secondary N) is 1. The minimum Gasteiger partial charge on any atom is -0.350 e. The van der Waals surface area contributed by atoms with E-state index in [-0.39, 0.29) is 6.17 Å². The van der Waals surface area contributed by atoms with Crippen molar-refractivity contribution in [2.24, 2.45) is 5.73 Å². The zero-order valence-corrected chi connectivity index (χ0v) is 6.98. The number of hydrogen-bond acceptors (Lipinski definition) is 4. The van der Waals surface area contributed by atoms with Crippen molar-refractivity contribution < 1.29 is 0 Å². The molecule has 0 radical (unpaired) electrons. The number of rotatable bonds is 0. The molecular formula is C7H9N3S. The fourth-order valence-corrected chi connectivity index (χ4v) is 1.86. The number of aromatic nitrogens is 1. The lowest BCUT2D eigenvalue weighted by Crippen LogP contribution is -2.28. The van der Waals surface area contributed by atoms with Crippen molar-refractivity contribution in [3.8, 4) is 0 Å². The molecule has 0 spiro atoms. The Balaban J connectivity index is 2.44. The summed E-state index contributed by atoms with van der Waals surface area (Å²) in [6.07, 6.45) is 3.87. The van der Waals surface area contributed by atoms with Gasteiger partial charge in [0.05, 0.1) is 16.1 Å². The van der Waals surface area contributed by atoms with Crippen LogP contribution < -0.4 is 11.1 Å². The van der Waals surface area contributed by atoms with Crippen LogP contribution in [-0.2, 0) is 0 Å². The molecule has 1 aliphatic rings. The topological polar surface area (TPSA) is 50.9 Å². The van der Waals surface area contributed by atoms with Gasteiger partial charge in [-0.3, -0.25) is 0 Å². The number of anilines is 1. The van der Waals surface area contributed by atoms with Crippen LogP contribution >= 0.6 is 11.3 Å². The first-order chi connectivity index (χ1) is 5.25. The summed E-state index contributed by atoms with van der Waals surface area (Å²) in [4.78, 5) is 5.45. The van der Waals surface area contributed by atoms with Crippen molar-refractivity contribution in [3.63, 3.8) is 0 Å². The molecule has 11 heavy (non-hydrogen) atoms. The second kappa shape index (κ2) is 2.32. The molecule has 4 heteroatoms. The van der Waals surface area contributed by atoms with Gasteiger partial charge in [0.25, 0.3) is 0 Å². The summed E-state index contributed by atoms with van der Waals surface area (Å²) in [5.74, 6) is 0.919. The van der Waals surface area contributed by atoms with E-state index in [0.29, 0.717) is 0 Å². The third kappa shape index (κ3) is 1.15. The van der Waals surface area contributed by atoms with Gasteiger partial charge in [-0.25, -0.2) is 4.98 Å². The highest BCUT2D eigenvalue weighted by Gasteiger charge is 2.12. The molecule has 2 heterocycles. The highest BCUT2D eigenvalue weighted by atomic mass is 32.1. The second-order valence-corrected chi connectivity index (χ2v) is 3.71. The Bertz CT molecular complexity index is 303. The summed E-state index contributed by atoms with van der Waals surface area (Å²) in [5.41, 5.74) is 5.63. The smallest absolute Gasteiger partial charge is 0.146 e. The number of hydrogen-bond donors (Lipinski definition) is 2. The minimum absolute atomic E-state index is 0.0796. The third-order valence-electron chi connectivity index (χ3n) is 1.52. The maximum absolute atomic E-state index is 5.63. The zero-order valence-electron chi connectivity index (χ0n) is 6.16. The van der Waals surface area contributed by atoms with Crippen molar-refractivity contribution in [2.45, 2.75) is 13.1 Å².